The zero-order valence-electron chi connectivity index (χ0n) is 12.8. The molecule has 0 aliphatic carbocycles. The number of esters is 1. The molecule has 1 atom stereocenters. The zero-order valence-corrected chi connectivity index (χ0v) is 12.8. The molecule has 4 heteroatoms. The Kier molecular flexibility index (Phi) is 7.09. The molecule has 0 aliphatic rings. The van der Waals surface area contributed by atoms with Gasteiger partial charge in [-0.3, -0.25) is 4.79 Å². The Morgan fingerprint density at radius 2 is 2.00 bits per heavy atom. The van der Waals surface area contributed by atoms with E-state index in [1.807, 2.05) is 24.3 Å². The minimum atomic E-state index is -0.430. The molecule has 0 radical (unpaired) electrons. The van der Waals surface area contributed by atoms with Crippen LogP contribution in [0.25, 0.3) is 0 Å². The molecule has 0 spiro atoms. The first-order chi connectivity index (χ1) is 9.60. The molecule has 112 valence electrons. The van der Waals surface area contributed by atoms with Gasteiger partial charge < -0.3 is 14.8 Å². The summed E-state index contributed by atoms with van der Waals surface area (Å²) >= 11 is 0. The molecule has 4 nitrogen and oxygen atoms in total. The van der Waals surface area contributed by atoms with Crippen molar-refractivity contribution in [2.45, 2.75) is 39.2 Å². The molecule has 1 rings (SSSR count). The Bertz CT molecular complexity index is 418. The quantitative estimate of drug-likeness (QED) is 0.743. The molecule has 1 unspecified atom stereocenters. The fourth-order valence-electron chi connectivity index (χ4n) is 1.93. The van der Waals surface area contributed by atoms with Crippen molar-refractivity contribution < 1.29 is 14.3 Å². The summed E-state index contributed by atoms with van der Waals surface area (Å²) in [4.78, 5) is 11.7. The number of para-hydroxylation sites is 1. The lowest BCUT2D eigenvalue weighted by Crippen LogP contribution is -2.42. The molecular weight excluding hydrogens is 254 g/mol. The lowest BCUT2D eigenvalue weighted by Gasteiger charge is -2.19. The van der Waals surface area contributed by atoms with Crippen LogP contribution in [-0.2, 0) is 9.53 Å². The summed E-state index contributed by atoms with van der Waals surface area (Å²) in [5, 5.41) is 3.14. The fourth-order valence-corrected chi connectivity index (χ4v) is 1.93. The van der Waals surface area contributed by atoms with Gasteiger partial charge in [-0.25, -0.2) is 0 Å². The monoisotopic (exact) mass is 279 g/mol. The van der Waals surface area contributed by atoms with Gasteiger partial charge in [0.15, 0.2) is 0 Å². The second-order valence-corrected chi connectivity index (χ2v) is 5.03. The highest BCUT2D eigenvalue weighted by molar-refractivity contribution is 5.75. The molecule has 0 saturated carbocycles. The minimum absolute atomic E-state index is 0.274. The SMILES string of the molecule is CCCNC(COc1ccccc1C(C)C)C(=O)OC. The molecule has 1 N–H and O–H groups in total. The van der Waals surface area contributed by atoms with Crippen LogP contribution in [0.4, 0.5) is 0 Å². The number of hydrogen-bond acceptors (Lipinski definition) is 4. The molecule has 0 bridgehead atoms. The summed E-state index contributed by atoms with van der Waals surface area (Å²) in [7, 11) is 1.39. The van der Waals surface area contributed by atoms with E-state index in [2.05, 4.69) is 26.1 Å². The van der Waals surface area contributed by atoms with Crippen molar-refractivity contribution in [2.75, 3.05) is 20.3 Å². The van der Waals surface area contributed by atoms with Crippen LogP contribution in [0.1, 0.15) is 38.7 Å². The third kappa shape index (κ3) is 4.85. The Labute approximate surface area is 121 Å². The van der Waals surface area contributed by atoms with Crippen molar-refractivity contribution in [1.29, 1.82) is 0 Å². The van der Waals surface area contributed by atoms with Gasteiger partial charge in [-0.1, -0.05) is 39.0 Å². The largest absolute Gasteiger partial charge is 0.491 e. The van der Waals surface area contributed by atoms with Crippen LogP contribution in [0.3, 0.4) is 0 Å². The van der Waals surface area contributed by atoms with Gasteiger partial charge in [0.1, 0.15) is 18.4 Å². The van der Waals surface area contributed by atoms with E-state index in [0.717, 1.165) is 24.3 Å². The Morgan fingerprint density at radius 1 is 1.30 bits per heavy atom. The van der Waals surface area contributed by atoms with Crippen LogP contribution in [0.5, 0.6) is 5.75 Å². The fraction of sp³-hybridized carbons (Fsp3) is 0.562. The third-order valence-corrected chi connectivity index (χ3v) is 3.07. The van der Waals surface area contributed by atoms with Gasteiger partial charge in [-0.15, -0.1) is 0 Å². The average Bonchev–Trinajstić information content (AvgIpc) is 2.46. The van der Waals surface area contributed by atoms with Gasteiger partial charge in [0.25, 0.3) is 0 Å². The van der Waals surface area contributed by atoms with E-state index in [1.54, 1.807) is 0 Å². The first-order valence-electron chi connectivity index (χ1n) is 7.13. The van der Waals surface area contributed by atoms with Crippen LogP contribution in [0.2, 0.25) is 0 Å². The summed E-state index contributed by atoms with van der Waals surface area (Å²) in [6, 6.07) is 7.49. The van der Waals surface area contributed by atoms with E-state index in [1.165, 1.54) is 7.11 Å². The van der Waals surface area contributed by atoms with E-state index in [0.29, 0.717) is 5.92 Å². The maximum atomic E-state index is 11.7. The summed E-state index contributed by atoms with van der Waals surface area (Å²) in [6.45, 7) is 7.33. The van der Waals surface area contributed by atoms with Gasteiger partial charge in [-0.05, 0) is 30.5 Å². The number of carbonyl (C=O) groups excluding carboxylic acids is 1. The number of ether oxygens (including phenoxy) is 2. The van der Waals surface area contributed by atoms with E-state index >= 15 is 0 Å². The van der Waals surface area contributed by atoms with Crippen LogP contribution in [0, 0.1) is 0 Å². The standard InChI is InChI=1S/C16H25NO3/c1-5-10-17-14(16(18)19-4)11-20-15-9-7-6-8-13(15)12(2)3/h6-9,12,14,17H,5,10-11H2,1-4H3. The second kappa shape index (κ2) is 8.59. The van der Waals surface area contributed by atoms with E-state index < -0.39 is 6.04 Å². The topological polar surface area (TPSA) is 47.6 Å². The molecule has 0 heterocycles. The molecular formula is C16H25NO3. The van der Waals surface area contributed by atoms with Crippen molar-refractivity contribution >= 4 is 5.97 Å². The van der Waals surface area contributed by atoms with Crippen molar-refractivity contribution in [3.63, 3.8) is 0 Å². The van der Waals surface area contributed by atoms with Crippen molar-refractivity contribution in [1.82, 2.24) is 5.32 Å². The van der Waals surface area contributed by atoms with Gasteiger partial charge in [-0.2, -0.15) is 0 Å². The molecule has 0 saturated heterocycles. The molecule has 0 amide bonds. The molecule has 1 aromatic carbocycles. The number of nitrogens with one attached hydrogen (secondary N) is 1. The Balaban J connectivity index is 2.69. The van der Waals surface area contributed by atoms with Gasteiger partial charge in [0, 0.05) is 0 Å². The lowest BCUT2D eigenvalue weighted by atomic mass is 10.0. The molecule has 20 heavy (non-hydrogen) atoms. The first kappa shape index (κ1) is 16.5. The van der Waals surface area contributed by atoms with Crippen molar-refractivity contribution in [3.05, 3.63) is 29.8 Å². The van der Waals surface area contributed by atoms with Crippen LogP contribution >= 0.6 is 0 Å². The lowest BCUT2D eigenvalue weighted by molar-refractivity contribution is -0.143. The maximum Gasteiger partial charge on any atom is 0.326 e. The van der Waals surface area contributed by atoms with Gasteiger partial charge >= 0.3 is 5.97 Å². The van der Waals surface area contributed by atoms with Crippen LogP contribution in [-0.4, -0.2) is 32.3 Å². The molecule has 1 aromatic rings. The highest BCUT2D eigenvalue weighted by Crippen LogP contribution is 2.25. The van der Waals surface area contributed by atoms with E-state index in [9.17, 15) is 4.79 Å². The first-order valence-corrected chi connectivity index (χ1v) is 7.13. The summed E-state index contributed by atoms with van der Waals surface area (Å²) < 4.78 is 10.6. The third-order valence-electron chi connectivity index (χ3n) is 3.07. The van der Waals surface area contributed by atoms with Crippen molar-refractivity contribution in [3.8, 4) is 5.75 Å². The van der Waals surface area contributed by atoms with Crippen LogP contribution in [0.15, 0.2) is 24.3 Å². The number of rotatable bonds is 8. The maximum absolute atomic E-state index is 11.7. The summed E-state index contributed by atoms with van der Waals surface area (Å²) in [5.41, 5.74) is 1.15. The van der Waals surface area contributed by atoms with E-state index in [-0.39, 0.29) is 12.6 Å². The van der Waals surface area contributed by atoms with Crippen molar-refractivity contribution in [2.24, 2.45) is 0 Å². The normalized spacial score (nSPS) is 12.2. The highest BCUT2D eigenvalue weighted by atomic mass is 16.5. The predicted octanol–water partition coefficient (Wildman–Crippen LogP) is 2.73. The summed E-state index contributed by atoms with van der Waals surface area (Å²) in [6.07, 6.45) is 0.954. The minimum Gasteiger partial charge on any atom is -0.491 e. The molecule has 0 aliphatic heterocycles. The molecule has 0 aromatic heterocycles. The zero-order chi connectivity index (χ0) is 15.0. The van der Waals surface area contributed by atoms with Gasteiger partial charge in [0.2, 0.25) is 0 Å². The van der Waals surface area contributed by atoms with Crippen LogP contribution < -0.4 is 10.1 Å². The Morgan fingerprint density at radius 3 is 2.60 bits per heavy atom. The number of carbonyl (C=O) groups is 1. The Hall–Kier alpha value is -1.55. The van der Waals surface area contributed by atoms with Gasteiger partial charge in [0.05, 0.1) is 7.11 Å². The number of methoxy groups -OCH3 is 1. The highest BCUT2D eigenvalue weighted by Gasteiger charge is 2.19. The number of hydrogen-bond donors (Lipinski definition) is 1. The smallest absolute Gasteiger partial charge is 0.326 e. The molecule has 0 fully saturated rings. The average molecular weight is 279 g/mol. The predicted molar refractivity (Wildman–Crippen MR) is 80.1 cm³/mol. The summed E-state index contributed by atoms with van der Waals surface area (Å²) in [5.74, 6) is 0.918. The number of benzene rings is 1. The van der Waals surface area contributed by atoms with E-state index in [4.69, 9.17) is 9.47 Å². The second-order valence-electron chi connectivity index (χ2n) is 5.03.